The second kappa shape index (κ2) is 12.4. The molecule has 1 atom stereocenters. The fraction of sp³-hybridized carbons (Fsp3) is 0.267. The van der Waals surface area contributed by atoms with E-state index < -0.39 is 12.2 Å². The standard InChI is InChI=1S/C30H29Br2N7O5/c31-20-11-16(12-21(32)26(20)33)13-25(27-34-23-6-5-19(44-30(42)43)14-24(23)35-27)37-28(40)38-9-7-18(8-10-38)39-15-17-3-1-2-4-22(17)36-29(39)41/h1-6,11-12,14,18,25H,7-10,13,15,33H2,(H,34,35)(H,36,41)(H,37,40)(H,42,43)/t25-/m1/s1. The Bertz CT molecular complexity index is 1730. The number of aromatic nitrogens is 2. The lowest BCUT2D eigenvalue weighted by Gasteiger charge is -2.40. The molecule has 0 aliphatic carbocycles. The number of benzene rings is 3. The fourth-order valence-corrected chi connectivity index (χ4v) is 6.96. The third-order valence-corrected chi connectivity index (χ3v) is 9.25. The highest BCUT2D eigenvalue weighted by molar-refractivity contribution is 9.11. The van der Waals surface area contributed by atoms with Gasteiger partial charge >= 0.3 is 18.2 Å². The summed E-state index contributed by atoms with van der Waals surface area (Å²) in [5.41, 5.74) is 10.6. The maximum absolute atomic E-state index is 13.6. The molecule has 0 bridgehead atoms. The number of likely N-dealkylation sites (tertiary alicyclic amines) is 1. The van der Waals surface area contributed by atoms with Crippen molar-refractivity contribution in [1.82, 2.24) is 25.1 Å². The molecule has 14 heteroatoms. The highest BCUT2D eigenvalue weighted by atomic mass is 79.9. The molecule has 0 unspecified atom stereocenters. The number of carbonyl (C=O) groups excluding carboxylic acids is 2. The first-order valence-electron chi connectivity index (χ1n) is 14.0. The van der Waals surface area contributed by atoms with Gasteiger partial charge in [0, 0.05) is 52.8 Å². The Kier molecular flexibility index (Phi) is 8.36. The summed E-state index contributed by atoms with van der Waals surface area (Å²) in [6, 6.07) is 15.4. The minimum Gasteiger partial charge on any atom is -0.449 e. The number of carboxylic acid groups (broad SMARTS) is 1. The van der Waals surface area contributed by atoms with Crippen LogP contribution in [-0.2, 0) is 13.0 Å². The molecule has 1 saturated heterocycles. The first-order chi connectivity index (χ1) is 21.1. The van der Waals surface area contributed by atoms with Crippen molar-refractivity contribution in [2.24, 2.45) is 0 Å². The average molecular weight is 727 g/mol. The largest absolute Gasteiger partial charge is 0.511 e. The molecule has 0 saturated carbocycles. The van der Waals surface area contributed by atoms with Crippen molar-refractivity contribution in [3.8, 4) is 5.75 Å². The Labute approximate surface area is 269 Å². The monoisotopic (exact) mass is 725 g/mol. The number of nitrogens with one attached hydrogen (secondary N) is 3. The summed E-state index contributed by atoms with van der Waals surface area (Å²) in [6.45, 7) is 1.52. The Hall–Kier alpha value is -4.30. The smallest absolute Gasteiger partial charge is 0.449 e. The van der Waals surface area contributed by atoms with Crippen molar-refractivity contribution >= 4 is 72.5 Å². The van der Waals surface area contributed by atoms with E-state index in [-0.39, 0.29) is 23.9 Å². The zero-order valence-corrected chi connectivity index (χ0v) is 26.5. The van der Waals surface area contributed by atoms with E-state index >= 15 is 0 Å². The number of hydrogen-bond acceptors (Lipinski definition) is 6. The van der Waals surface area contributed by atoms with E-state index in [4.69, 9.17) is 20.6 Å². The van der Waals surface area contributed by atoms with Crippen molar-refractivity contribution in [1.29, 1.82) is 0 Å². The quantitative estimate of drug-likeness (QED) is 0.0892. The Morgan fingerprint density at radius 3 is 2.57 bits per heavy atom. The number of rotatable bonds is 6. The Balaban J connectivity index is 1.18. The number of fused-ring (bicyclic) bond motifs is 2. The van der Waals surface area contributed by atoms with Crippen LogP contribution in [0.4, 0.5) is 25.8 Å². The van der Waals surface area contributed by atoms with Crippen LogP contribution in [-0.4, -0.2) is 62.2 Å². The van der Waals surface area contributed by atoms with Gasteiger partial charge in [0.05, 0.1) is 22.8 Å². The summed E-state index contributed by atoms with van der Waals surface area (Å²) in [6.07, 6.45) is 0.291. The molecule has 4 amide bonds. The number of ether oxygens (including phenoxy) is 1. The first-order valence-corrected chi connectivity index (χ1v) is 15.6. The van der Waals surface area contributed by atoms with Gasteiger partial charge in [-0.05, 0) is 86.2 Å². The predicted molar refractivity (Wildman–Crippen MR) is 172 cm³/mol. The van der Waals surface area contributed by atoms with E-state index in [1.165, 1.54) is 6.07 Å². The Morgan fingerprint density at radius 2 is 1.84 bits per heavy atom. The number of imidazole rings is 1. The van der Waals surface area contributed by atoms with Gasteiger partial charge in [-0.25, -0.2) is 19.4 Å². The molecule has 0 radical (unpaired) electrons. The maximum Gasteiger partial charge on any atom is 0.511 e. The predicted octanol–water partition coefficient (Wildman–Crippen LogP) is 6.23. The number of hydrogen-bond donors (Lipinski definition) is 5. The van der Waals surface area contributed by atoms with Gasteiger partial charge in [0.15, 0.2) is 0 Å². The number of amides is 4. The highest BCUT2D eigenvalue weighted by Crippen LogP contribution is 2.32. The lowest BCUT2D eigenvalue weighted by Crippen LogP contribution is -2.53. The van der Waals surface area contributed by atoms with Crippen molar-refractivity contribution in [2.75, 3.05) is 24.1 Å². The van der Waals surface area contributed by atoms with E-state index in [2.05, 4.69) is 47.5 Å². The number of nitrogens with two attached hydrogens (primary N) is 1. The summed E-state index contributed by atoms with van der Waals surface area (Å²) in [4.78, 5) is 49.0. The van der Waals surface area contributed by atoms with E-state index in [0.717, 1.165) is 25.8 Å². The molecule has 2 aliphatic rings. The van der Waals surface area contributed by atoms with Crippen LogP contribution < -0.4 is 21.1 Å². The van der Waals surface area contributed by atoms with Crippen molar-refractivity contribution in [3.63, 3.8) is 0 Å². The van der Waals surface area contributed by atoms with Crippen LogP contribution >= 0.6 is 31.9 Å². The number of anilines is 2. The number of nitrogen functional groups attached to an aromatic ring is 1. The van der Waals surface area contributed by atoms with E-state index in [9.17, 15) is 14.4 Å². The number of para-hydroxylation sites is 1. The van der Waals surface area contributed by atoms with Crippen molar-refractivity contribution < 1.29 is 24.2 Å². The van der Waals surface area contributed by atoms with Crippen LogP contribution in [0.2, 0.25) is 0 Å². The number of carbonyl (C=O) groups is 3. The van der Waals surface area contributed by atoms with Gasteiger partial charge < -0.3 is 41.0 Å². The van der Waals surface area contributed by atoms with E-state index in [1.807, 2.05) is 41.3 Å². The fourth-order valence-electron chi connectivity index (χ4n) is 5.68. The normalized spacial score (nSPS) is 15.9. The molecule has 2 aliphatic heterocycles. The van der Waals surface area contributed by atoms with E-state index in [1.54, 1.807) is 17.0 Å². The summed E-state index contributed by atoms with van der Waals surface area (Å²) in [5, 5.41) is 15.1. The number of aromatic amines is 1. The Morgan fingerprint density at radius 1 is 1.11 bits per heavy atom. The second-order valence-corrected chi connectivity index (χ2v) is 12.5. The lowest BCUT2D eigenvalue weighted by atomic mass is 10.0. The summed E-state index contributed by atoms with van der Waals surface area (Å²) < 4.78 is 6.23. The van der Waals surface area contributed by atoms with Gasteiger partial charge in [0.1, 0.15) is 11.6 Å². The molecule has 4 aromatic rings. The first kappa shape index (κ1) is 29.8. The lowest BCUT2D eigenvalue weighted by molar-refractivity contribution is 0.127. The topological polar surface area (TPSA) is 166 Å². The second-order valence-electron chi connectivity index (χ2n) is 10.8. The number of nitrogens with zero attached hydrogens (tertiary/aromatic N) is 3. The minimum absolute atomic E-state index is 0.0188. The molecule has 3 heterocycles. The van der Waals surface area contributed by atoms with Gasteiger partial charge in [-0.15, -0.1) is 0 Å². The number of urea groups is 2. The van der Waals surface area contributed by atoms with Crippen molar-refractivity contribution in [2.45, 2.75) is 37.9 Å². The van der Waals surface area contributed by atoms with Gasteiger partial charge in [0.25, 0.3) is 0 Å². The molecule has 44 heavy (non-hydrogen) atoms. The summed E-state index contributed by atoms with van der Waals surface area (Å²) in [7, 11) is 0. The van der Waals surface area contributed by atoms with Crippen LogP contribution in [0.25, 0.3) is 11.0 Å². The van der Waals surface area contributed by atoms with Gasteiger partial charge in [-0.1, -0.05) is 18.2 Å². The molecule has 12 nitrogen and oxygen atoms in total. The third-order valence-electron chi connectivity index (χ3n) is 7.94. The molecule has 1 fully saturated rings. The van der Waals surface area contributed by atoms with Gasteiger partial charge in [-0.3, -0.25) is 0 Å². The van der Waals surface area contributed by atoms with Crippen LogP contribution in [0.5, 0.6) is 5.75 Å². The summed E-state index contributed by atoms with van der Waals surface area (Å²) in [5.74, 6) is 0.657. The maximum atomic E-state index is 13.6. The molecule has 228 valence electrons. The minimum atomic E-state index is -1.41. The third kappa shape index (κ3) is 6.31. The number of halogens is 2. The highest BCUT2D eigenvalue weighted by Gasteiger charge is 2.33. The van der Waals surface area contributed by atoms with Crippen LogP contribution in [0.3, 0.4) is 0 Å². The molecular weight excluding hydrogens is 698 g/mol. The van der Waals surface area contributed by atoms with E-state index in [0.29, 0.717) is 61.4 Å². The van der Waals surface area contributed by atoms with Crippen LogP contribution in [0.15, 0.2) is 63.5 Å². The SMILES string of the molecule is Nc1c(Br)cc(C[C@@H](NC(=O)N2CCC(N3Cc4ccccc4NC3=O)CC2)c2nc3ccc(OC(=O)O)cc3[nH]2)cc1Br. The van der Waals surface area contributed by atoms with Crippen LogP contribution in [0.1, 0.15) is 35.8 Å². The van der Waals surface area contributed by atoms with Crippen molar-refractivity contribution in [3.05, 3.63) is 80.5 Å². The molecule has 0 spiro atoms. The molecule has 3 aromatic carbocycles. The van der Waals surface area contributed by atoms with Gasteiger partial charge in [0.2, 0.25) is 0 Å². The zero-order chi connectivity index (χ0) is 31.0. The average Bonchev–Trinajstić information content (AvgIpc) is 3.42. The molecular formula is C30H29Br2N7O5. The number of piperidine rings is 1. The van der Waals surface area contributed by atoms with Crippen LogP contribution in [0, 0.1) is 0 Å². The van der Waals surface area contributed by atoms with Gasteiger partial charge in [-0.2, -0.15) is 0 Å². The molecule has 6 N–H and O–H groups in total. The zero-order valence-electron chi connectivity index (χ0n) is 23.3. The molecule has 6 rings (SSSR count). The molecule has 1 aromatic heterocycles. The number of H-pyrrole nitrogens is 1. The summed E-state index contributed by atoms with van der Waals surface area (Å²) >= 11 is 6.99.